The van der Waals surface area contributed by atoms with E-state index in [1.165, 1.54) is 55.4 Å². The Kier molecular flexibility index (Phi) is 3.47. The zero-order valence-electron chi connectivity index (χ0n) is 20.0. The van der Waals surface area contributed by atoms with E-state index in [4.69, 9.17) is 20.9 Å². The summed E-state index contributed by atoms with van der Waals surface area (Å²) in [5, 5.41) is 0. The quantitative estimate of drug-likeness (QED) is 0.246. The first-order valence-corrected chi connectivity index (χ1v) is 12.7. The summed E-state index contributed by atoms with van der Waals surface area (Å²) in [5.41, 5.74) is 27.5. The number of hydrogen-bond donors (Lipinski definition) is 2. The van der Waals surface area contributed by atoms with Crippen molar-refractivity contribution < 1.29 is 9.47 Å². The van der Waals surface area contributed by atoms with Crippen LogP contribution in [0.2, 0.25) is 0 Å². The van der Waals surface area contributed by atoms with E-state index in [0.29, 0.717) is 0 Å². The van der Waals surface area contributed by atoms with Crippen molar-refractivity contribution in [3.05, 3.63) is 101 Å². The molecule has 2 aliphatic heterocycles. The van der Waals surface area contributed by atoms with E-state index < -0.39 is 0 Å². The van der Waals surface area contributed by atoms with Gasteiger partial charge >= 0.3 is 0 Å². The Balaban J connectivity index is 1.26. The van der Waals surface area contributed by atoms with Gasteiger partial charge in [0.1, 0.15) is 23.0 Å². The van der Waals surface area contributed by atoms with E-state index in [2.05, 4.69) is 60.7 Å². The van der Waals surface area contributed by atoms with E-state index in [-0.39, 0.29) is 6.71 Å². The fourth-order valence-electron chi connectivity index (χ4n) is 6.87. The molecule has 0 saturated carbocycles. The Morgan fingerprint density at radius 1 is 0.514 bits per heavy atom. The lowest BCUT2D eigenvalue weighted by atomic mass is 9.34. The van der Waals surface area contributed by atoms with Gasteiger partial charge in [0, 0.05) is 16.8 Å². The summed E-state index contributed by atoms with van der Waals surface area (Å²) in [7, 11) is 0. The van der Waals surface area contributed by atoms with E-state index in [1.54, 1.807) is 0 Å². The van der Waals surface area contributed by atoms with Gasteiger partial charge in [-0.2, -0.15) is 0 Å². The Labute approximate surface area is 214 Å². The molecular weight excluding hydrogens is 455 g/mol. The molecule has 0 spiro atoms. The molecule has 5 heteroatoms. The molecule has 4 aliphatic rings. The molecule has 0 unspecified atom stereocenters. The average Bonchev–Trinajstić information content (AvgIpc) is 3.41. The first kappa shape index (κ1) is 19.5. The highest BCUT2D eigenvalue weighted by Crippen LogP contribution is 2.44. The highest BCUT2D eigenvalue weighted by atomic mass is 16.5. The second-order valence-corrected chi connectivity index (χ2v) is 10.6. The monoisotopic (exact) mass is 476 g/mol. The van der Waals surface area contributed by atoms with E-state index in [0.717, 1.165) is 52.7 Å². The molecule has 5 aromatic rings. The van der Waals surface area contributed by atoms with Crippen molar-refractivity contribution in [1.82, 2.24) is 0 Å². The molecular formula is C32H21BN2O2. The summed E-state index contributed by atoms with van der Waals surface area (Å²) in [6, 6.07) is 27.7. The van der Waals surface area contributed by atoms with Crippen LogP contribution in [0.1, 0.15) is 22.3 Å². The maximum atomic E-state index is 6.54. The molecule has 2 aliphatic carbocycles. The van der Waals surface area contributed by atoms with Gasteiger partial charge in [0.05, 0.1) is 0 Å². The number of ether oxygens (including phenoxy) is 2. The summed E-state index contributed by atoms with van der Waals surface area (Å²) in [5.74, 6) is 3.57. The number of anilines is 2. The van der Waals surface area contributed by atoms with Crippen molar-refractivity contribution in [1.29, 1.82) is 0 Å². The SMILES string of the molecule is Nc1ccc2c(c1)Cc1cc3c(cc1-2)Oc1cccc2c1B3c1cc3c(cc1O2)-c1ccc(N)cc1C3. The molecule has 9 rings (SSSR count). The largest absolute Gasteiger partial charge is 0.458 e. The molecule has 37 heavy (non-hydrogen) atoms. The molecule has 0 bridgehead atoms. The molecule has 174 valence electrons. The zero-order valence-corrected chi connectivity index (χ0v) is 20.0. The van der Waals surface area contributed by atoms with Crippen LogP contribution in [0.4, 0.5) is 11.4 Å². The van der Waals surface area contributed by atoms with Crippen LogP contribution in [-0.4, -0.2) is 6.71 Å². The van der Waals surface area contributed by atoms with Gasteiger partial charge in [-0.15, -0.1) is 0 Å². The van der Waals surface area contributed by atoms with Gasteiger partial charge in [-0.05, 0) is 117 Å². The Morgan fingerprint density at radius 3 is 1.51 bits per heavy atom. The van der Waals surface area contributed by atoms with Gasteiger partial charge in [0.2, 0.25) is 0 Å². The maximum Gasteiger partial charge on any atom is 0.260 e. The van der Waals surface area contributed by atoms with Gasteiger partial charge in [-0.3, -0.25) is 0 Å². The van der Waals surface area contributed by atoms with Crippen molar-refractivity contribution >= 4 is 34.5 Å². The summed E-state index contributed by atoms with van der Waals surface area (Å²) in [6.45, 7) is 0.0527. The van der Waals surface area contributed by atoms with Gasteiger partial charge in [-0.25, -0.2) is 0 Å². The minimum Gasteiger partial charge on any atom is -0.458 e. The lowest BCUT2D eigenvalue weighted by Gasteiger charge is -2.33. The highest BCUT2D eigenvalue weighted by Gasteiger charge is 2.42. The standard InChI is InChI=1S/C32H21BN2O2/c34-20-4-6-22-16(10-20)8-18-12-26-30(14-24(18)22)36-28-2-1-3-29-32(28)33(26)27-13-19-9-17-11-21(35)5-7-23(17)25(19)15-31(27)37-29/h1-7,10-15H,8-9,34-35H2. The maximum absolute atomic E-state index is 6.54. The lowest BCUT2D eigenvalue weighted by molar-refractivity contribution is 0.464. The van der Waals surface area contributed by atoms with Crippen LogP contribution in [0.25, 0.3) is 22.3 Å². The van der Waals surface area contributed by atoms with E-state index in [1.807, 2.05) is 18.2 Å². The predicted octanol–water partition coefficient (Wildman–Crippen LogP) is 4.72. The molecule has 4 N–H and O–H groups in total. The van der Waals surface area contributed by atoms with Crippen molar-refractivity contribution in [3.63, 3.8) is 0 Å². The van der Waals surface area contributed by atoms with Crippen molar-refractivity contribution in [2.45, 2.75) is 12.8 Å². The molecule has 0 amide bonds. The molecule has 2 heterocycles. The summed E-state index contributed by atoms with van der Waals surface area (Å²) < 4.78 is 13.1. The smallest absolute Gasteiger partial charge is 0.260 e. The van der Waals surface area contributed by atoms with Gasteiger partial charge in [-0.1, -0.05) is 30.3 Å². The fourth-order valence-corrected chi connectivity index (χ4v) is 6.87. The first-order valence-electron chi connectivity index (χ1n) is 12.7. The minimum absolute atomic E-state index is 0.0527. The topological polar surface area (TPSA) is 70.5 Å². The average molecular weight is 476 g/mol. The predicted molar refractivity (Wildman–Crippen MR) is 149 cm³/mol. The van der Waals surface area contributed by atoms with Gasteiger partial charge in [0.15, 0.2) is 0 Å². The van der Waals surface area contributed by atoms with Crippen LogP contribution in [0.5, 0.6) is 23.0 Å². The van der Waals surface area contributed by atoms with Gasteiger partial charge in [0.25, 0.3) is 6.71 Å². The summed E-state index contributed by atoms with van der Waals surface area (Å²) >= 11 is 0. The van der Waals surface area contributed by atoms with Crippen molar-refractivity contribution in [2.75, 3.05) is 11.5 Å². The van der Waals surface area contributed by atoms with Crippen LogP contribution in [0.3, 0.4) is 0 Å². The number of fused-ring (bicyclic) bond motifs is 10. The second-order valence-electron chi connectivity index (χ2n) is 10.6. The van der Waals surface area contributed by atoms with Crippen LogP contribution in [0, 0.1) is 0 Å². The zero-order chi connectivity index (χ0) is 24.4. The third-order valence-corrected chi connectivity index (χ3v) is 8.45. The lowest BCUT2D eigenvalue weighted by Crippen LogP contribution is -2.57. The minimum atomic E-state index is 0.0527. The molecule has 0 radical (unpaired) electrons. The number of nitrogen functional groups attached to an aromatic ring is 2. The summed E-state index contributed by atoms with van der Waals surface area (Å²) in [4.78, 5) is 0. The molecule has 0 saturated heterocycles. The van der Waals surface area contributed by atoms with Gasteiger partial charge < -0.3 is 20.9 Å². The first-order chi connectivity index (χ1) is 18.1. The van der Waals surface area contributed by atoms with Crippen LogP contribution in [-0.2, 0) is 12.8 Å². The molecule has 4 nitrogen and oxygen atoms in total. The normalized spacial score (nSPS) is 14.3. The molecule has 0 atom stereocenters. The number of nitrogens with two attached hydrogens (primary N) is 2. The Hall–Kier alpha value is -4.64. The molecule has 0 aromatic heterocycles. The second kappa shape index (κ2) is 6.57. The Morgan fingerprint density at radius 2 is 1.00 bits per heavy atom. The number of hydrogen-bond acceptors (Lipinski definition) is 4. The molecule has 5 aromatic carbocycles. The van der Waals surface area contributed by atoms with Crippen molar-refractivity contribution in [3.8, 4) is 45.3 Å². The summed E-state index contributed by atoms with van der Waals surface area (Å²) in [6.07, 6.45) is 1.77. The number of rotatable bonds is 0. The fraction of sp³-hybridized carbons (Fsp3) is 0.0625. The van der Waals surface area contributed by atoms with E-state index in [9.17, 15) is 0 Å². The number of benzene rings is 5. The van der Waals surface area contributed by atoms with Crippen LogP contribution >= 0.6 is 0 Å². The molecule has 0 fully saturated rings. The van der Waals surface area contributed by atoms with Crippen molar-refractivity contribution in [2.24, 2.45) is 0 Å². The third-order valence-electron chi connectivity index (χ3n) is 8.45. The van der Waals surface area contributed by atoms with Crippen LogP contribution < -0.4 is 37.3 Å². The van der Waals surface area contributed by atoms with Crippen LogP contribution in [0.15, 0.2) is 78.9 Å². The third kappa shape index (κ3) is 2.53. The van der Waals surface area contributed by atoms with E-state index >= 15 is 0 Å². The Bertz CT molecular complexity index is 1750. The highest BCUT2D eigenvalue weighted by molar-refractivity contribution is 6.98.